The summed E-state index contributed by atoms with van der Waals surface area (Å²) in [5.74, 6) is 0.634. The fourth-order valence-electron chi connectivity index (χ4n) is 3.03. The summed E-state index contributed by atoms with van der Waals surface area (Å²) in [4.78, 5) is 5.78. The Bertz CT molecular complexity index is 517. The van der Waals surface area contributed by atoms with E-state index in [4.69, 9.17) is 5.73 Å². The average molecular weight is 229 g/mol. The lowest BCUT2D eigenvalue weighted by atomic mass is 9.98. The van der Waals surface area contributed by atoms with Crippen LogP contribution in [0.2, 0.25) is 0 Å². The van der Waals surface area contributed by atoms with Crippen molar-refractivity contribution in [3.05, 3.63) is 36.0 Å². The smallest absolute Gasteiger partial charge is 0.0502 e. The summed E-state index contributed by atoms with van der Waals surface area (Å²) in [5.41, 5.74) is 8.48. The number of hydrogen-bond acceptors (Lipinski definition) is 2. The van der Waals surface area contributed by atoms with Gasteiger partial charge in [-0.3, -0.25) is 4.90 Å². The lowest BCUT2D eigenvalue weighted by Crippen LogP contribution is -2.20. The monoisotopic (exact) mass is 229 g/mol. The summed E-state index contributed by atoms with van der Waals surface area (Å²) in [6.07, 6.45) is 3.19. The molecule has 1 aliphatic rings. The summed E-state index contributed by atoms with van der Waals surface area (Å²) < 4.78 is 0. The number of hydrogen-bond donors (Lipinski definition) is 2. The third-order valence-corrected chi connectivity index (χ3v) is 3.95. The molecule has 2 unspecified atom stereocenters. The van der Waals surface area contributed by atoms with E-state index >= 15 is 0 Å². The molecule has 2 atom stereocenters. The number of rotatable bonds is 2. The van der Waals surface area contributed by atoms with Crippen molar-refractivity contribution in [3.8, 4) is 0 Å². The largest absolute Gasteiger partial charge is 0.361 e. The van der Waals surface area contributed by atoms with Crippen molar-refractivity contribution in [1.29, 1.82) is 0 Å². The van der Waals surface area contributed by atoms with Gasteiger partial charge in [0, 0.05) is 18.8 Å². The van der Waals surface area contributed by atoms with E-state index in [-0.39, 0.29) is 0 Å². The van der Waals surface area contributed by atoms with Crippen LogP contribution in [0.5, 0.6) is 0 Å². The van der Waals surface area contributed by atoms with Crippen molar-refractivity contribution in [2.75, 3.05) is 20.1 Å². The first-order valence-electron chi connectivity index (χ1n) is 6.26. The number of fused-ring (bicyclic) bond motifs is 1. The zero-order valence-electron chi connectivity index (χ0n) is 10.2. The normalized spacial score (nSPS) is 25.8. The van der Waals surface area contributed by atoms with Crippen molar-refractivity contribution in [3.63, 3.8) is 0 Å². The standard InChI is InChI=1S/C14H19N3/c1-17-9-10(8-15)7-13(17)12-4-2-3-11-5-6-16-14(11)12/h2-6,10,13,16H,7-9,15H2,1H3. The predicted molar refractivity (Wildman–Crippen MR) is 70.8 cm³/mol. The molecule has 3 nitrogen and oxygen atoms in total. The van der Waals surface area contributed by atoms with Crippen molar-refractivity contribution in [1.82, 2.24) is 9.88 Å². The molecule has 2 aromatic rings. The van der Waals surface area contributed by atoms with Crippen LogP contribution >= 0.6 is 0 Å². The molecule has 1 aromatic carbocycles. The molecule has 0 radical (unpaired) electrons. The number of para-hydroxylation sites is 1. The second-order valence-corrected chi connectivity index (χ2v) is 5.08. The Morgan fingerprint density at radius 1 is 1.41 bits per heavy atom. The Balaban J connectivity index is 2.01. The van der Waals surface area contributed by atoms with Gasteiger partial charge in [-0.2, -0.15) is 0 Å². The van der Waals surface area contributed by atoms with E-state index in [0.29, 0.717) is 12.0 Å². The summed E-state index contributed by atoms with van der Waals surface area (Å²) in [5, 5.41) is 1.30. The van der Waals surface area contributed by atoms with Crippen molar-refractivity contribution >= 4 is 10.9 Å². The molecule has 0 bridgehead atoms. The number of aromatic amines is 1. The van der Waals surface area contributed by atoms with Crippen molar-refractivity contribution in [2.45, 2.75) is 12.5 Å². The summed E-state index contributed by atoms with van der Waals surface area (Å²) in [7, 11) is 2.20. The van der Waals surface area contributed by atoms with Gasteiger partial charge in [0.25, 0.3) is 0 Å². The lowest BCUT2D eigenvalue weighted by Gasteiger charge is -2.20. The number of nitrogens with one attached hydrogen (secondary N) is 1. The van der Waals surface area contributed by atoms with E-state index in [1.54, 1.807) is 0 Å². The minimum Gasteiger partial charge on any atom is -0.361 e. The van der Waals surface area contributed by atoms with Gasteiger partial charge in [0.2, 0.25) is 0 Å². The zero-order valence-corrected chi connectivity index (χ0v) is 10.2. The van der Waals surface area contributed by atoms with E-state index in [9.17, 15) is 0 Å². The zero-order chi connectivity index (χ0) is 11.8. The molecule has 17 heavy (non-hydrogen) atoms. The average Bonchev–Trinajstić information content (AvgIpc) is 2.94. The maximum atomic E-state index is 5.79. The van der Waals surface area contributed by atoms with Crippen molar-refractivity contribution in [2.24, 2.45) is 11.7 Å². The highest BCUT2D eigenvalue weighted by Crippen LogP contribution is 2.36. The number of nitrogens with zero attached hydrogens (tertiary/aromatic N) is 1. The third kappa shape index (κ3) is 1.75. The number of H-pyrrole nitrogens is 1. The first kappa shape index (κ1) is 10.8. The Morgan fingerprint density at radius 3 is 3.06 bits per heavy atom. The first-order valence-corrected chi connectivity index (χ1v) is 6.26. The van der Waals surface area contributed by atoms with Crippen LogP contribution in [-0.2, 0) is 0 Å². The summed E-state index contributed by atoms with van der Waals surface area (Å²) >= 11 is 0. The van der Waals surface area contributed by atoms with Gasteiger partial charge in [-0.25, -0.2) is 0 Å². The maximum Gasteiger partial charge on any atom is 0.0502 e. The number of benzene rings is 1. The number of aromatic nitrogens is 1. The number of likely N-dealkylation sites (tertiary alicyclic amines) is 1. The minimum atomic E-state index is 0.505. The SMILES string of the molecule is CN1CC(CN)CC1c1cccc2cc[nH]c12. The molecule has 1 aromatic heterocycles. The van der Waals surface area contributed by atoms with Crippen LogP contribution in [0.1, 0.15) is 18.0 Å². The van der Waals surface area contributed by atoms with Crippen molar-refractivity contribution < 1.29 is 0 Å². The molecule has 3 rings (SSSR count). The molecule has 0 amide bonds. The molecule has 1 aliphatic heterocycles. The molecule has 1 saturated heterocycles. The topological polar surface area (TPSA) is 45.0 Å². The van der Waals surface area contributed by atoms with Crippen LogP contribution in [0.15, 0.2) is 30.5 Å². The van der Waals surface area contributed by atoms with E-state index < -0.39 is 0 Å². The molecule has 0 aliphatic carbocycles. The van der Waals surface area contributed by atoms with Gasteiger partial charge in [0.15, 0.2) is 0 Å². The quantitative estimate of drug-likeness (QED) is 0.828. The van der Waals surface area contributed by atoms with Gasteiger partial charge in [0.05, 0.1) is 5.52 Å². The fraction of sp³-hybridized carbons (Fsp3) is 0.429. The van der Waals surface area contributed by atoms with Gasteiger partial charge in [-0.05, 0) is 42.9 Å². The van der Waals surface area contributed by atoms with Gasteiger partial charge in [-0.1, -0.05) is 18.2 Å². The summed E-state index contributed by atoms with van der Waals surface area (Å²) in [6, 6.07) is 9.18. The third-order valence-electron chi connectivity index (χ3n) is 3.95. The molecular weight excluding hydrogens is 210 g/mol. The van der Waals surface area contributed by atoms with Crippen LogP contribution in [0.25, 0.3) is 10.9 Å². The maximum absolute atomic E-state index is 5.79. The molecule has 0 spiro atoms. The minimum absolute atomic E-state index is 0.505. The Morgan fingerprint density at radius 2 is 2.29 bits per heavy atom. The second kappa shape index (κ2) is 4.17. The molecule has 2 heterocycles. The van der Waals surface area contributed by atoms with Crippen LogP contribution in [0, 0.1) is 5.92 Å². The van der Waals surface area contributed by atoms with E-state index in [1.165, 1.54) is 22.9 Å². The van der Waals surface area contributed by atoms with Gasteiger partial charge < -0.3 is 10.7 Å². The second-order valence-electron chi connectivity index (χ2n) is 5.08. The van der Waals surface area contributed by atoms with Crippen LogP contribution < -0.4 is 5.73 Å². The van der Waals surface area contributed by atoms with E-state index in [1.807, 2.05) is 6.20 Å². The van der Waals surface area contributed by atoms with Gasteiger partial charge in [-0.15, -0.1) is 0 Å². The Labute approximate surface area is 102 Å². The van der Waals surface area contributed by atoms with E-state index in [2.05, 4.69) is 41.2 Å². The molecule has 90 valence electrons. The van der Waals surface area contributed by atoms with Crippen LogP contribution in [0.4, 0.5) is 0 Å². The highest BCUT2D eigenvalue weighted by Gasteiger charge is 2.30. The molecule has 1 fully saturated rings. The van der Waals surface area contributed by atoms with E-state index in [0.717, 1.165) is 13.1 Å². The molecule has 3 N–H and O–H groups in total. The fourth-order valence-corrected chi connectivity index (χ4v) is 3.03. The lowest BCUT2D eigenvalue weighted by molar-refractivity contribution is 0.315. The van der Waals surface area contributed by atoms with Gasteiger partial charge >= 0.3 is 0 Å². The predicted octanol–water partition coefficient (Wildman–Crippen LogP) is 2.12. The number of nitrogens with two attached hydrogens (primary N) is 1. The van der Waals surface area contributed by atoms with Gasteiger partial charge in [0.1, 0.15) is 0 Å². The molecule has 3 heteroatoms. The summed E-state index contributed by atoms with van der Waals surface area (Å²) in [6.45, 7) is 1.90. The molecular formula is C14H19N3. The first-order chi connectivity index (χ1) is 8.29. The highest BCUT2D eigenvalue weighted by atomic mass is 15.2. The molecule has 0 saturated carbocycles. The Kier molecular flexibility index (Phi) is 2.65. The Hall–Kier alpha value is -1.32. The van der Waals surface area contributed by atoms with Crippen LogP contribution in [-0.4, -0.2) is 30.0 Å². The highest BCUT2D eigenvalue weighted by molar-refractivity contribution is 5.83. The van der Waals surface area contributed by atoms with Crippen LogP contribution in [0.3, 0.4) is 0 Å².